The van der Waals surface area contributed by atoms with E-state index in [1.807, 2.05) is 6.07 Å². The summed E-state index contributed by atoms with van der Waals surface area (Å²) in [5.41, 5.74) is 2.09. The number of nitro groups is 1. The number of nitrogens with one attached hydrogen (secondary N) is 1. The molecule has 9 heteroatoms. The molecule has 0 unspecified atom stereocenters. The number of carbonyl (C=O) groups is 2. The van der Waals surface area contributed by atoms with Gasteiger partial charge in [0.2, 0.25) is 0 Å². The molecule has 4 rings (SSSR count). The minimum Gasteiger partial charge on any atom is -0.459 e. The lowest BCUT2D eigenvalue weighted by Crippen LogP contribution is -2.35. The lowest BCUT2D eigenvalue weighted by molar-refractivity contribution is -0.384. The van der Waals surface area contributed by atoms with Crippen LogP contribution in [0.1, 0.15) is 32.9 Å². The molecule has 1 aliphatic heterocycles. The lowest BCUT2D eigenvalue weighted by atomic mass is 10.0. The number of aryl methyl sites for hydroxylation is 1. The van der Waals surface area contributed by atoms with Crippen LogP contribution < -0.4 is 10.2 Å². The number of hydrogen-bond acceptors (Lipinski definition) is 5. The number of rotatable bonds is 4. The van der Waals surface area contributed by atoms with E-state index in [0.29, 0.717) is 17.9 Å². The highest BCUT2D eigenvalue weighted by Gasteiger charge is 2.26. The van der Waals surface area contributed by atoms with E-state index < -0.39 is 10.8 Å². The maximum absolute atomic E-state index is 12.8. The van der Waals surface area contributed by atoms with Gasteiger partial charge in [-0.2, -0.15) is 0 Å². The van der Waals surface area contributed by atoms with Crippen molar-refractivity contribution in [3.05, 3.63) is 86.8 Å². The van der Waals surface area contributed by atoms with Crippen molar-refractivity contribution in [1.82, 2.24) is 0 Å². The van der Waals surface area contributed by atoms with Crippen LogP contribution in [0.3, 0.4) is 0 Å². The summed E-state index contributed by atoms with van der Waals surface area (Å²) in [7, 11) is 0. The maximum Gasteiger partial charge on any atom is 0.293 e. The van der Waals surface area contributed by atoms with Gasteiger partial charge in [0.05, 0.1) is 21.8 Å². The van der Waals surface area contributed by atoms with Gasteiger partial charge in [0.1, 0.15) is 0 Å². The van der Waals surface area contributed by atoms with Crippen molar-refractivity contribution < 1.29 is 18.9 Å². The van der Waals surface area contributed by atoms with Crippen molar-refractivity contribution in [2.24, 2.45) is 0 Å². The summed E-state index contributed by atoms with van der Waals surface area (Å²) in [5.74, 6) is -0.507. The molecule has 0 bridgehead atoms. The van der Waals surface area contributed by atoms with Crippen molar-refractivity contribution in [3.63, 3.8) is 0 Å². The number of furan rings is 1. The number of amides is 2. The summed E-state index contributed by atoms with van der Waals surface area (Å²) < 4.78 is 5.23. The highest BCUT2D eigenvalue weighted by molar-refractivity contribution is 6.34. The number of non-ortho nitro benzene ring substituents is 1. The van der Waals surface area contributed by atoms with Crippen LogP contribution in [0.15, 0.2) is 59.2 Å². The van der Waals surface area contributed by atoms with Crippen LogP contribution in [0.4, 0.5) is 17.1 Å². The van der Waals surface area contributed by atoms with E-state index in [4.69, 9.17) is 16.0 Å². The highest BCUT2D eigenvalue weighted by atomic mass is 35.5. The fraction of sp³-hybridized carbons (Fsp3) is 0.143. The lowest BCUT2D eigenvalue weighted by Gasteiger charge is -2.29. The first kappa shape index (κ1) is 19.7. The number of nitrogens with zero attached hydrogens (tertiary/aromatic N) is 2. The first-order valence-corrected chi connectivity index (χ1v) is 9.55. The van der Waals surface area contributed by atoms with Gasteiger partial charge in [-0.1, -0.05) is 17.7 Å². The van der Waals surface area contributed by atoms with E-state index in [0.717, 1.165) is 24.5 Å². The van der Waals surface area contributed by atoms with Crippen LogP contribution >= 0.6 is 11.6 Å². The summed E-state index contributed by atoms with van der Waals surface area (Å²) in [5, 5.41) is 13.6. The Labute approximate surface area is 176 Å². The van der Waals surface area contributed by atoms with Crippen LogP contribution in [0.2, 0.25) is 5.02 Å². The van der Waals surface area contributed by atoms with Crippen molar-refractivity contribution in [1.29, 1.82) is 0 Å². The molecule has 0 aliphatic carbocycles. The molecule has 1 aromatic heterocycles. The smallest absolute Gasteiger partial charge is 0.293 e. The van der Waals surface area contributed by atoms with E-state index in [2.05, 4.69) is 5.32 Å². The van der Waals surface area contributed by atoms with E-state index >= 15 is 0 Å². The van der Waals surface area contributed by atoms with Gasteiger partial charge < -0.3 is 14.6 Å². The second-order valence-corrected chi connectivity index (χ2v) is 7.16. The van der Waals surface area contributed by atoms with Gasteiger partial charge in [0.25, 0.3) is 17.5 Å². The zero-order valence-electron chi connectivity index (χ0n) is 15.6. The molecule has 0 saturated heterocycles. The number of hydrogen-bond donors (Lipinski definition) is 1. The summed E-state index contributed by atoms with van der Waals surface area (Å²) in [4.78, 5) is 37.3. The Morgan fingerprint density at radius 1 is 1.17 bits per heavy atom. The zero-order chi connectivity index (χ0) is 21.3. The van der Waals surface area contributed by atoms with Crippen LogP contribution in [-0.4, -0.2) is 23.3 Å². The predicted octanol–water partition coefficient (Wildman–Crippen LogP) is 4.69. The molecule has 0 fully saturated rings. The highest BCUT2D eigenvalue weighted by Crippen LogP contribution is 2.32. The quantitative estimate of drug-likeness (QED) is 0.482. The fourth-order valence-electron chi connectivity index (χ4n) is 3.40. The molecule has 1 aliphatic rings. The molecular formula is C21H16ClN3O5. The SMILES string of the molecule is O=C(Nc1ccc2c(c1)N(C(=O)c1ccco1)CCC2)c1ccc([N+](=O)[O-])cc1Cl. The molecule has 0 saturated carbocycles. The predicted molar refractivity (Wildman–Crippen MR) is 111 cm³/mol. The normalized spacial score (nSPS) is 12.9. The minimum absolute atomic E-state index is 0.0192. The van der Waals surface area contributed by atoms with Gasteiger partial charge in [0, 0.05) is 30.1 Å². The number of halogens is 1. The van der Waals surface area contributed by atoms with E-state index in [9.17, 15) is 19.7 Å². The summed E-state index contributed by atoms with van der Waals surface area (Å²) >= 11 is 6.04. The van der Waals surface area contributed by atoms with Gasteiger partial charge >= 0.3 is 0 Å². The molecule has 3 aromatic rings. The third kappa shape index (κ3) is 3.77. The fourth-order valence-corrected chi connectivity index (χ4v) is 3.66. The number of nitro benzene ring substituents is 1. The second kappa shape index (κ2) is 8.00. The monoisotopic (exact) mass is 425 g/mol. The van der Waals surface area contributed by atoms with Gasteiger partial charge in [0.15, 0.2) is 5.76 Å². The molecule has 1 N–H and O–H groups in total. The maximum atomic E-state index is 12.8. The molecule has 0 spiro atoms. The number of carbonyl (C=O) groups excluding carboxylic acids is 2. The van der Waals surface area contributed by atoms with E-state index in [1.165, 1.54) is 18.4 Å². The number of benzene rings is 2. The third-order valence-corrected chi connectivity index (χ3v) is 5.16. The molecule has 2 aromatic carbocycles. The largest absolute Gasteiger partial charge is 0.459 e. The first-order valence-electron chi connectivity index (χ1n) is 9.17. The number of anilines is 2. The average Bonchev–Trinajstić information content (AvgIpc) is 3.27. The topological polar surface area (TPSA) is 106 Å². The van der Waals surface area contributed by atoms with Crippen molar-refractivity contribution in [3.8, 4) is 0 Å². The molecule has 0 atom stereocenters. The molecular weight excluding hydrogens is 410 g/mol. The van der Waals surface area contributed by atoms with Crippen molar-refractivity contribution >= 4 is 40.5 Å². The van der Waals surface area contributed by atoms with Gasteiger partial charge in [-0.25, -0.2) is 0 Å². The second-order valence-electron chi connectivity index (χ2n) is 6.76. The molecule has 2 heterocycles. The Morgan fingerprint density at radius 2 is 2.00 bits per heavy atom. The minimum atomic E-state index is -0.582. The zero-order valence-corrected chi connectivity index (χ0v) is 16.4. The van der Waals surface area contributed by atoms with Crippen LogP contribution in [-0.2, 0) is 6.42 Å². The Bertz CT molecular complexity index is 1140. The molecule has 8 nitrogen and oxygen atoms in total. The average molecular weight is 426 g/mol. The Balaban J connectivity index is 1.59. The third-order valence-electron chi connectivity index (χ3n) is 4.85. The van der Waals surface area contributed by atoms with Crippen LogP contribution in [0.5, 0.6) is 0 Å². The summed E-state index contributed by atoms with van der Waals surface area (Å²) in [6.45, 7) is 0.540. The van der Waals surface area contributed by atoms with E-state index in [-0.39, 0.29) is 27.9 Å². The Morgan fingerprint density at radius 3 is 2.70 bits per heavy atom. The summed E-state index contributed by atoms with van der Waals surface area (Å²) in [6, 6.07) is 12.3. The Hall–Kier alpha value is -3.65. The number of fused-ring (bicyclic) bond motifs is 1. The standard InChI is InChI=1S/C21H16ClN3O5/c22-17-12-15(25(28)29)7-8-16(17)20(26)23-14-6-5-13-3-1-9-24(18(13)11-14)21(27)19-4-2-10-30-19/h2,4-8,10-12H,1,3,9H2,(H,23,26). The van der Waals surface area contributed by atoms with Gasteiger partial charge in [-0.05, 0) is 48.7 Å². The summed E-state index contributed by atoms with van der Waals surface area (Å²) in [6.07, 6.45) is 3.09. The van der Waals surface area contributed by atoms with Crippen molar-refractivity contribution in [2.45, 2.75) is 12.8 Å². The van der Waals surface area contributed by atoms with Gasteiger partial charge in [-0.15, -0.1) is 0 Å². The first-order chi connectivity index (χ1) is 14.4. The molecule has 2 amide bonds. The van der Waals surface area contributed by atoms with Crippen LogP contribution in [0, 0.1) is 10.1 Å². The molecule has 30 heavy (non-hydrogen) atoms. The van der Waals surface area contributed by atoms with E-state index in [1.54, 1.807) is 29.2 Å². The van der Waals surface area contributed by atoms with Crippen LogP contribution in [0.25, 0.3) is 0 Å². The molecule has 152 valence electrons. The van der Waals surface area contributed by atoms with Gasteiger partial charge in [-0.3, -0.25) is 19.7 Å². The molecule has 0 radical (unpaired) electrons. The van der Waals surface area contributed by atoms with Crippen molar-refractivity contribution in [2.75, 3.05) is 16.8 Å². The Kier molecular flexibility index (Phi) is 5.24.